The van der Waals surface area contributed by atoms with Crippen molar-refractivity contribution < 1.29 is 9.53 Å². The Hall–Kier alpha value is -2.30. The summed E-state index contributed by atoms with van der Waals surface area (Å²) in [6, 6.07) is 6.45. The number of rotatable bonds is 3. The molecule has 0 unspecified atom stereocenters. The highest BCUT2D eigenvalue weighted by Gasteiger charge is 2.24. The molecule has 1 amide bonds. The van der Waals surface area contributed by atoms with Crippen LogP contribution >= 0.6 is 0 Å². The number of nitrogens with zero attached hydrogens (tertiary/aromatic N) is 2. The van der Waals surface area contributed by atoms with Crippen molar-refractivity contribution in [2.45, 2.75) is 58.7 Å². The maximum atomic E-state index is 12.5. The van der Waals surface area contributed by atoms with Crippen molar-refractivity contribution in [2.24, 2.45) is 5.92 Å². The molecule has 0 spiro atoms. The van der Waals surface area contributed by atoms with Crippen molar-refractivity contribution in [1.82, 2.24) is 15.1 Å². The third kappa shape index (κ3) is 3.28. The second-order valence-electron chi connectivity index (χ2n) is 7.49. The molecule has 2 heterocycles. The Bertz CT molecular complexity index is 788. The van der Waals surface area contributed by atoms with Gasteiger partial charge in [0.25, 0.3) is 0 Å². The Morgan fingerprint density at radius 2 is 2.12 bits per heavy atom. The highest BCUT2D eigenvalue weighted by Crippen LogP contribution is 2.37. The van der Waals surface area contributed by atoms with Crippen molar-refractivity contribution in [2.75, 3.05) is 0 Å². The van der Waals surface area contributed by atoms with Gasteiger partial charge in [-0.05, 0) is 50.7 Å². The molecule has 5 nitrogen and oxygen atoms in total. The predicted molar refractivity (Wildman–Crippen MR) is 96.3 cm³/mol. The zero-order valence-electron chi connectivity index (χ0n) is 14.9. The van der Waals surface area contributed by atoms with Gasteiger partial charge in [0.15, 0.2) is 0 Å². The van der Waals surface area contributed by atoms with E-state index in [-0.39, 0.29) is 12.5 Å². The van der Waals surface area contributed by atoms with E-state index >= 15 is 0 Å². The van der Waals surface area contributed by atoms with Crippen molar-refractivity contribution in [3.8, 4) is 17.0 Å². The molecule has 1 aromatic heterocycles. The summed E-state index contributed by atoms with van der Waals surface area (Å²) in [5.74, 6) is 1.69. The number of carbonyl (C=O) groups excluding carboxylic acids is 1. The normalized spacial score (nSPS) is 21.8. The van der Waals surface area contributed by atoms with E-state index in [2.05, 4.69) is 30.3 Å². The Balaban J connectivity index is 1.51. The van der Waals surface area contributed by atoms with Crippen LogP contribution in [0.15, 0.2) is 24.4 Å². The van der Waals surface area contributed by atoms with E-state index < -0.39 is 0 Å². The van der Waals surface area contributed by atoms with Crippen LogP contribution in [0.4, 0.5) is 0 Å². The number of hydrogen-bond acceptors (Lipinski definition) is 3. The van der Waals surface area contributed by atoms with Gasteiger partial charge >= 0.3 is 0 Å². The molecule has 5 heteroatoms. The van der Waals surface area contributed by atoms with E-state index in [1.54, 1.807) is 0 Å². The minimum atomic E-state index is 0.0474. The predicted octanol–water partition coefficient (Wildman–Crippen LogP) is 3.45. The average molecular weight is 339 g/mol. The lowest BCUT2D eigenvalue weighted by atomic mass is 9.87. The Morgan fingerprint density at radius 1 is 1.32 bits per heavy atom. The van der Waals surface area contributed by atoms with Crippen LogP contribution in [-0.2, 0) is 17.9 Å². The number of hydrogen-bond donors (Lipinski definition) is 1. The van der Waals surface area contributed by atoms with Gasteiger partial charge in [-0.1, -0.05) is 18.6 Å². The zero-order valence-corrected chi connectivity index (χ0v) is 14.9. The van der Waals surface area contributed by atoms with Crippen LogP contribution in [-0.4, -0.2) is 21.7 Å². The van der Waals surface area contributed by atoms with E-state index in [1.807, 2.05) is 23.0 Å². The third-order valence-corrected chi connectivity index (χ3v) is 5.36. The number of fused-ring (bicyclic) bond motifs is 3. The van der Waals surface area contributed by atoms with E-state index in [1.165, 1.54) is 18.4 Å². The fourth-order valence-corrected chi connectivity index (χ4v) is 3.89. The molecule has 25 heavy (non-hydrogen) atoms. The van der Waals surface area contributed by atoms with Gasteiger partial charge in [-0.25, -0.2) is 0 Å². The van der Waals surface area contributed by atoms with Gasteiger partial charge in [-0.15, -0.1) is 0 Å². The molecule has 1 fully saturated rings. The van der Waals surface area contributed by atoms with Crippen molar-refractivity contribution in [1.29, 1.82) is 0 Å². The number of benzene rings is 1. The number of aromatic nitrogens is 2. The first-order valence-electron chi connectivity index (χ1n) is 9.18. The zero-order chi connectivity index (χ0) is 17.4. The van der Waals surface area contributed by atoms with Crippen LogP contribution in [0.1, 0.15) is 43.7 Å². The first-order chi connectivity index (χ1) is 12.1. The number of carbonyl (C=O) groups is 1. The summed E-state index contributed by atoms with van der Waals surface area (Å²) in [7, 11) is 0. The van der Waals surface area contributed by atoms with Crippen LogP contribution in [0.5, 0.6) is 5.75 Å². The molecule has 0 radical (unpaired) electrons. The number of ether oxygens (including phenoxy) is 1. The molecule has 0 atom stereocenters. The molecule has 1 saturated carbocycles. The van der Waals surface area contributed by atoms with Crippen LogP contribution in [0.2, 0.25) is 0 Å². The molecule has 1 aromatic carbocycles. The number of nitrogens with one attached hydrogen (secondary N) is 1. The molecule has 132 valence electrons. The van der Waals surface area contributed by atoms with Crippen molar-refractivity contribution in [3.05, 3.63) is 35.5 Å². The first-order valence-corrected chi connectivity index (χ1v) is 9.18. The molecule has 2 aromatic rings. The molecule has 0 saturated heterocycles. The highest BCUT2D eigenvalue weighted by molar-refractivity contribution is 5.78. The standard InChI is InChI=1S/C20H25N3O2/c1-13-3-6-16(7-4-13)22-19(24)11-23-20-15(10-21-23)12-25-18-8-5-14(2)9-17(18)20/h5,8-10,13,16H,3-4,6-7,11-12H2,1-2H3,(H,22,24). The fraction of sp³-hybridized carbons (Fsp3) is 0.500. The summed E-state index contributed by atoms with van der Waals surface area (Å²) in [4.78, 5) is 12.5. The van der Waals surface area contributed by atoms with Crippen molar-refractivity contribution >= 4 is 5.91 Å². The maximum Gasteiger partial charge on any atom is 0.241 e. The molecular formula is C20H25N3O2. The molecule has 1 aliphatic heterocycles. The van der Waals surface area contributed by atoms with Gasteiger partial charge in [0.1, 0.15) is 18.9 Å². The summed E-state index contributed by atoms with van der Waals surface area (Å²) >= 11 is 0. The van der Waals surface area contributed by atoms with E-state index in [9.17, 15) is 4.79 Å². The monoisotopic (exact) mass is 339 g/mol. The topological polar surface area (TPSA) is 56.2 Å². The quantitative estimate of drug-likeness (QED) is 0.932. The van der Waals surface area contributed by atoms with Gasteiger partial charge < -0.3 is 10.1 Å². The molecule has 4 rings (SSSR count). The summed E-state index contributed by atoms with van der Waals surface area (Å²) in [5, 5.41) is 7.64. The van der Waals surface area contributed by atoms with Gasteiger partial charge in [0.05, 0.1) is 11.9 Å². The molecule has 2 aliphatic rings. The second kappa shape index (κ2) is 6.54. The fourth-order valence-electron chi connectivity index (χ4n) is 3.89. The summed E-state index contributed by atoms with van der Waals surface area (Å²) in [6.45, 7) is 5.11. The van der Waals surface area contributed by atoms with Crippen LogP contribution in [0.3, 0.4) is 0 Å². The highest BCUT2D eigenvalue weighted by atomic mass is 16.5. The Labute approximate surface area is 148 Å². The summed E-state index contributed by atoms with van der Waals surface area (Å²) in [5.41, 5.74) is 4.25. The minimum absolute atomic E-state index is 0.0474. The first kappa shape index (κ1) is 16.2. The van der Waals surface area contributed by atoms with E-state index in [0.717, 1.165) is 41.3 Å². The van der Waals surface area contributed by atoms with Crippen LogP contribution < -0.4 is 10.1 Å². The lowest BCUT2D eigenvalue weighted by Crippen LogP contribution is -2.39. The molecule has 1 aliphatic carbocycles. The lowest BCUT2D eigenvalue weighted by Gasteiger charge is -2.27. The largest absolute Gasteiger partial charge is 0.488 e. The summed E-state index contributed by atoms with van der Waals surface area (Å²) < 4.78 is 7.62. The minimum Gasteiger partial charge on any atom is -0.488 e. The summed E-state index contributed by atoms with van der Waals surface area (Å²) in [6.07, 6.45) is 6.38. The molecule has 1 N–H and O–H groups in total. The second-order valence-corrected chi connectivity index (χ2v) is 7.49. The SMILES string of the molecule is Cc1ccc2c(c1)-c1c(cnn1CC(=O)NC1CCC(C)CC1)CO2. The van der Waals surface area contributed by atoms with Crippen molar-refractivity contribution in [3.63, 3.8) is 0 Å². The van der Waals surface area contributed by atoms with Gasteiger partial charge in [0.2, 0.25) is 5.91 Å². The van der Waals surface area contributed by atoms with Gasteiger partial charge in [-0.3, -0.25) is 9.48 Å². The average Bonchev–Trinajstić information content (AvgIpc) is 3.00. The third-order valence-electron chi connectivity index (χ3n) is 5.36. The van der Waals surface area contributed by atoms with Crippen LogP contribution in [0.25, 0.3) is 11.3 Å². The lowest BCUT2D eigenvalue weighted by molar-refractivity contribution is -0.122. The number of amides is 1. The smallest absolute Gasteiger partial charge is 0.241 e. The van der Waals surface area contributed by atoms with Gasteiger partial charge in [0, 0.05) is 17.2 Å². The van der Waals surface area contributed by atoms with Crippen LogP contribution in [0, 0.1) is 12.8 Å². The Kier molecular flexibility index (Phi) is 4.24. The molecule has 0 bridgehead atoms. The van der Waals surface area contributed by atoms with E-state index in [0.29, 0.717) is 12.6 Å². The van der Waals surface area contributed by atoms with E-state index in [4.69, 9.17) is 4.74 Å². The van der Waals surface area contributed by atoms with Gasteiger partial charge in [-0.2, -0.15) is 5.10 Å². The Morgan fingerprint density at radius 3 is 2.92 bits per heavy atom. The number of aryl methyl sites for hydroxylation is 1. The molecular weight excluding hydrogens is 314 g/mol. The maximum absolute atomic E-state index is 12.5.